The van der Waals surface area contributed by atoms with Gasteiger partial charge in [0.15, 0.2) is 0 Å². The first-order valence-electron chi connectivity index (χ1n) is 9.81. The maximum atomic E-state index is 13.8. The monoisotopic (exact) mass is 447 g/mol. The van der Waals surface area contributed by atoms with Crippen molar-refractivity contribution in [1.82, 2.24) is 15.6 Å². The molecule has 0 aliphatic carbocycles. The van der Waals surface area contributed by atoms with Crippen LogP contribution in [0, 0.1) is 12.7 Å². The normalized spacial score (nSPS) is 14.3. The van der Waals surface area contributed by atoms with Gasteiger partial charge in [0.05, 0.1) is 22.1 Å². The molecule has 3 heterocycles. The van der Waals surface area contributed by atoms with Crippen molar-refractivity contribution in [2.75, 3.05) is 43.4 Å². The van der Waals surface area contributed by atoms with Crippen LogP contribution in [0.3, 0.4) is 0 Å². The van der Waals surface area contributed by atoms with Crippen LogP contribution in [-0.4, -0.2) is 43.6 Å². The summed E-state index contributed by atoms with van der Waals surface area (Å²) in [5, 5.41) is 7.41. The summed E-state index contributed by atoms with van der Waals surface area (Å²) >= 11 is 7.66. The lowest BCUT2D eigenvalue weighted by atomic mass is 10.1. The predicted molar refractivity (Wildman–Crippen MR) is 121 cm³/mol. The molecule has 0 bridgehead atoms. The van der Waals surface area contributed by atoms with E-state index in [2.05, 4.69) is 20.5 Å². The van der Waals surface area contributed by atoms with Gasteiger partial charge in [0.25, 0.3) is 5.91 Å². The van der Waals surface area contributed by atoms with Gasteiger partial charge in [-0.25, -0.2) is 9.37 Å². The van der Waals surface area contributed by atoms with E-state index in [4.69, 9.17) is 17.3 Å². The van der Waals surface area contributed by atoms with Gasteiger partial charge < -0.3 is 21.3 Å². The molecule has 30 heavy (non-hydrogen) atoms. The van der Waals surface area contributed by atoms with Crippen molar-refractivity contribution in [2.45, 2.75) is 13.3 Å². The Labute approximate surface area is 183 Å². The summed E-state index contributed by atoms with van der Waals surface area (Å²) in [5.41, 5.74) is 8.71. The third-order valence-corrected chi connectivity index (χ3v) is 6.64. The van der Waals surface area contributed by atoms with Gasteiger partial charge in [0, 0.05) is 38.1 Å². The second-order valence-electron chi connectivity index (χ2n) is 7.28. The number of piperazine rings is 1. The Morgan fingerprint density at radius 2 is 2.13 bits per heavy atom. The van der Waals surface area contributed by atoms with Crippen LogP contribution < -0.4 is 21.3 Å². The highest BCUT2D eigenvalue weighted by Crippen LogP contribution is 2.33. The standard InChI is InChI=1S/C21H23ClFN5OS/c1-12-16(23)11-14-18(24)19(30-21(14)27-12)20(29)26-5-4-13-2-3-17(15(22)10-13)28-8-6-25-7-9-28/h2-3,10-11,25H,4-9,24H2,1H3,(H,26,29). The molecule has 2 aromatic heterocycles. The van der Waals surface area contributed by atoms with E-state index in [1.54, 1.807) is 6.92 Å². The van der Waals surface area contributed by atoms with Crippen LogP contribution in [0.15, 0.2) is 24.3 Å². The molecule has 0 atom stereocenters. The predicted octanol–water partition coefficient (Wildman–Crippen LogP) is 3.36. The van der Waals surface area contributed by atoms with E-state index in [9.17, 15) is 9.18 Å². The molecule has 9 heteroatoms. The number of hydrogen-bond acceptors (Lipinski definition) is 6. The second kappa shape index (κ2) is 8.75. The number of carbonyl (C=O) groups is 1. The Morgan fingerprint density at radius 3 is 2.87 bits per heavy atom. The van der Waals surface area contributed by atoms with E-state index < -0.39 is 5.82 Å². The molecule has 4 rings (SSSR count). The number of nitrogens with one attached hydrogen (secondary N) is 2. The SMILES string of the molecule is Cc1nc2sc(C(=O)NCCc3ccc(N4CCNCC4)c(Cl)c3)c(N)c2cc1F. The van der Waals surface area contributed by atoms with Gasteiger partial charge in [0.2, 0.25) is 0 Å². The Balaban J connectivity index is 1.39. The van der Waals surface area contributed by atoms with Crippen molar-refractivity contribution in [1.29, 1.82) is 0 Å². The first-order chi connectivity index (χ1) is 14.4. The summed E-state index contributed by atoms with van der Waals surface area (Å²) in [6.45, 7) is 5.80. The number of anilines is 2. The Bertz CT molecular complexity index is 1100. The molecule has 0 saturated carbocycles. The van der Waals surface area contributed by atoms with Crippen molar-refractivity contribution < 1.29 is 9.18 Å². The Kier molecular flexibility index (Phi) is 6.08. The third kappa shape index (κ3) is 4.21. The minimum absolute atomic E-state index is 0.266. The number of fused-ring (bicyclic) bond motifs is 1. The summed E-state index contributed by atoms with van der Waals surface area (Å²) in [6.07, 6.45) is 0.643. The van der Waals surface area contributed by atoms with Gasteiger partial charge in [-0.05, 0) is 37.1 Å². The highest BCUT2D eigenvalue weighted by atomic mass is 35.5. The molecule has 1 saturated heterocycles. The summed E-state index contributed by atoms with van der Waals surface area (Å²) in [4.78, 5) is 20.0. The van der Waals surface area contributed by atoms with Gasteiger partial charge in [-0.2, -0.15) is 0 Å². The van der Waals surface area contributed by atoms with E-state index >= 15 is 0 Å². The van der Waals surface area contributed by atoms with Crippen LogP contribution in [0.5, 0.6) is 0 Å². The van der Waals surface area contributed by atoms with Crippen molar-refractivity contribution in [3.8, 4) is 0 Å². The largest absolute Gasteiger partial charge is 0.397 e. The number of halogens is 2. The van der Waals surface area contributed by atoms with Gasteiger partial charge in [-0.15, -0.1) is 11.3 Å². The highest BCUT2D eigenvalue weighted by molar-refractivity contribution is 7.21. The zero-order valence-corrected chi connectivity index (χ0v) is 18.2. The van der Waals surface area contributed by atoms with E-state index in [-0.39, 0.29) is 17.3 Å². The van der Waals surface area contributed by atoms with Crippen LogP contribution >= 0.6 is 22.9 Å². The first kappa shape index (κ1) is 20.8. The number of nitrogen functional groups attached to an aromatic ring is 1. The summed E-state index contributed by atoms with van der Waals surface area (Å²) in [6, 6.07) is 7.37. The Hall–Kier alpha value is -2.42. The van der Waals surface area contributed by atoms with Crippen LogP contribution in [0.2, 0.25) is 5.02 Å². The summed E-state index contributed by atoms with van der Waals surface area (Å²) in [5.74, 6) is -0.711. The lowest BCUT2D eigenvalue weighted by Gasteiger charge is -2.30. The number of carbonyl (C=O) groups excluding carboxylic acids is 1. The summed E-state index contributed by atoms with van der Waals surface area (Å²) < 4.78 is 13.8. The second-order valence-corrected chi connectivity index (χ2v) is 8.69. The number of nitrogens with zero attached hydrogens (tertiary/aromatic N) is 2. The fraction of sp³-hybridized carbons (Fsp3) is 0.333. The number of rotatable bonds is 5. The number of aromatic nitrogens is 1. The lowest BCUT2D eigenvalue weighted by Crippen LogP contribution is -2.43. The molecule has 4 N–H and O–H groups in total. The molecule has 1 fully saturated rings. The van der Waals surface area contributed by atoms with Crippen LogP contribution in [0.4, 0.5) is 15.8 Å². The fourth-order valence-electron chi connectivity index (χ4n) is 3.54. The molecular weight excluding hydrogens is 425 g/mol. The number of aryl methyl sites for hydroxylation is 1. The Morgan fingerprint density at radius 1 is 1.37 bits per heavy atom. The van der Waals surface area contributed by atoms with E-state index in [1.165, 1.54) is 17.4 Å². The van der Waals surface area contributed by atoms with Gasteiger partial charge in [0.1, 0.15) is 15.5 Å². The molecule has 1 amide bonds. The number of pyridine rings is 1. The maximum absolute atomic E-state index is 13.8. The fourth-order valence-corrected chi connectivity index (χ4v) is 4.90. The average molecular weight is 448 g/mol. The quantitative estimate of drug-likeness (QED) is 0.558. The molecule has 3 aromatic rings. The lowest BCUT2D eigenvalue weighted by molar-refractivity contribution is 0.0959. The average Bonchev–Trinajstić information content (AvgIpc) is 3.05. The number of hydrogen-bond donors (Lipinski definition) is 3. The van der Waals surface area contributed by atoms with E-state index in [0.29, 0.717) is 28.1 Å². The molecule has 0 unspecified atom stereocenters. The number of nitrogens with two attached hydrogens (primary N) is 1. The number of thiophene rings is 1. The number of benzene rings is 1. The molecule has 6 nitrogen and oxygen atoms in total. The summed E-state index contributed by atoms with van der Waals surface area (Å²) in [7, 11) is 0. The van der Waals surface area contributed by atoms with Gasteiger partial charge in [-0.1, -0.05) is 17.7 Å². The van der Waals surface area contributed by atoms with Crippen LogP contribution in [-0.2, 0) is 6.42 Å². The van der Waals surface area contributed by atoms with Crippen molar-refractivity contribution >= 4 is 50.4 Å². The molecule has 0 spiro atoms. The van der Waals surface area contributed by atoms with E-state index in [0.717, 1.165) is 42.5 Å². The van der Waals surface area contributed by atoms with Crippen LogP contribution in [0.1, 0.15) is 20.9 Å². The van der Waals surface area contributed by atoms with E-state index in [1.807, 2.05) is 18.2 Å². The third-order valence-electron chi connectivity index (χ3n) is 5.23. The zero-order valence-electron chi connectivity index (χ0n) is 16.6. The molecule has 158 valence electrons. The molecular formula is C21H23ClFN5OS. The molecule has 1 aromatic carbocycles. The maximum Gasteiger partial charge on any atom is 0.263 e. The minimum Gasteiger partial charge on any atom is -0.397 e. The zero-order chi connectivity index (χ0) is 21.3. The first-order valence-corrected chi connectivity index (χ1v) is 11.0. The molecule has 1 aliphatic rings. The minimum atomic E-state index is -0.430. The van der Waals surface area contributed by atoms with Crippen molar-refractivity contribution in [2.24, 2.45) is 0 Å². The van der Waals surface area contributed by atoms with Gasteiger partial charge in [-0.3, -0.25) is 4.79 Å². The topological polar surface area (TPSA) is 83.3 Å². The molecule has 0 radical (unpaired) electrons. The van der Waals surface area contributed by atoms with Gasteiger partial charge >= 0.3 is 0 Å². The number of amides is 1. The highest BCUT2D eigenvalue weighted by Gasteiger charge is 2.19. The smallest absolute Gasteiger partial charge is 0.263 e. The molecule has 1 aliphatic heterocycles. The van der Waals surface area contributed by atoms with Crippen molar-refractivity contribution in [3.05, 3.63) is 51.2 Å². The van der Waals surface area contributed by atoms with Crippen LogP contribution in [0.25, 0.3) is 10.2 Å². The van der Waals surface area contributed by atoms with Crippen molar-refractivity contribution in [3.63, 3.8) is 0 Å².